The van der Waals surface area contributed by atoms with Gasteiger partial charge < -0.3 is 10.6 Å². The molecule has 4 heteroatoms. The molecule has 3 rings (SSSR count). The molecule has 1 saturated carbocycles. The normalized spacial score (nSPS) is 14.6. The van der Waals surface area contributed by atoms with Crippen molar-refractivity contribution in [2.45, 2.75) is 58.9 Å². The van der Waals surface area contributed by atoms with Gasteiger partial charge >= 0.3 is 0 Å². The molecule has 1 aliphatic rings. The fourth-order valence-corrected chi connectivity index (χ4v) is 3.69. The fraction of sp³-hybridized carbons (Fsp3) is 0.391. The Labute approximate surface area is 161 Å². The number of aryl methyl sites for hydroxylation is 3. The predicted molar refractivity (Wildman–Crippen MR) is 109 cm³/mol. The summed E-state index contributed by atoms with van der Waals surface area (Å²) in [6.07, 6.45) is 5.63. The number of carbonyl (C=O) groups is 2. The summed E-state index contributed by atoms with van der Waals surface area (Å²) in [6, 6.07) is 11.4. The summed E-state index contributed by atoms with van der Waals surface area (Å²) in [4.78, 5) is 25.6. The van der Waals surface area contributed by atoms with Crippen molar-refractivity contribution in [1.29, 1.82) is 0 Å². The van der Waals surface area contributed by atoms with Crippen molar-refractivity contribution in [1.82, 2.24) is 5.32 Å². The van der Waals surface area contributed by atoms with Crippen LogP contribution in [0, 0.1) is 20.8 Å². The van der Waals surface area contributed by atoms with Crippen molar-refractivity contribution in [2.24, 2.45) is 0 Å². The number of rotatable bonds is 4. The molecular formula is C23H28N2O2. The molecule has 142 valence electrons. The molecule has 0 radical (unpaired) electrons. The molecule has 0 spiro atoms. The third kappa shape index (κ3) is 4.57. The lowest BCUT2D eigenvalue weighted by molar-refractivity contribution is 0.0928. The highest BCUT2D eigenvalue weighted by Gasteiger charge is 2.20. The van der Waals surface area contributed by atoms with Crippen molar-refractivity contribution >= 4 is 17.5 Å². The van der Waals surface area contributed by atoms with Crippen LogP contribution in [-0.4, -0.2) is 17.9 Å². The summed E-state index contributed by atoms with van der Waals surface area (Å²) in [6.45, 7) is 5.97. The van der Waals surface area contributed by atoms with Crippen LogP contribution in [0.2, 0.25) is 0 Å². The van der Waals surface area contributed by atoms with E-state index >= 15 is 0 Å². The molecule has 1 aliphatic carbocycles. The molecular weight excluding hydrogens is 336 g/mol. The molecule has 0 saturated heterocycles. The molecule has 4 nitrogen and oxygen atoms in total. The van der Waals surface area contributed by atoms with Gasteiger partial charge in [-0.15, -0.1) is 0 Å². The van der Waals surface area contributed by atoms with E-state index in [4.69, 9.17) is 0 Å². The zero-order valence-electron chi connectivity index (χ0n) is 16.4. The van der Waals surface area contributed by atoms with Crippen LogP contribution in [0.3, 0.4) is 0 Å². The Morgan fingerprint density at radius 2 is 1.48 bits per heavy atom. The average Bonchev–Trinajstić information content (AvgIpc) is 2.65. The first kappa shape index (κ1) is 19.2. The molecule has 2 amide bonds. The van der Waals surface area contributed by atoms with Gasteiger partial charge in [-0.2, -0.15) is 0 Å². The third-order valence-corrected chi connectivity index (χ3v) is 5.45. The van der Waals surface area contributed by atoms with E-state index in [-0.39, 0.29) is 17.9 Å². The molecule has 1 fully saturated rings. The van der Waals surface area contributed by atoms with E-state index in [0.29, 0.717) is 16.8 Å². The summed E-state index contributed by atoms with van der Waals surface area (Å²) < 4.78 is 0. The van der Waals surface area contributed by atoms with Gasteiger partial charge in [-0.3, -0.25) is 9.59 Å². The molecule has 0 unspecified atom stereocenters. The van der Waals surface area contributed by atoms with Gasteiger partial charge in [-0.25, -0.2) is 0 Å². The Balaban J connectivity index is 1.78. The average molecular weight is 364 g/mol. The van der Waals surface area contributed by atoms with Gasteiger partial charge in [-0.05, 0) is 68.5 Å². The fourth-order valence-electron chi connectivity index (χ4n) is 3.69. The number of para-hydroxylation sites is 1. The summed E-state index contributed by atoms with van der Waals surface area (Å²) in [7, 11) is 0. The van der Waals surface area contributed by atoms with Gasteiger partial charge in [0.05, 0.1) is 11.3 Å². The molecule has 0 bridgehead atoms. The largest absolute Gasteiger partial charge is 0.349 e. The van der Waals surface area contributed by atoms with Crippen LogP contribution >= 0.6 is 0 Å². The Morgan fingerprint density at radius 1 is 0.815 bits per heavy atom. The van der Waals surface area contributed by atoms with Crippen molar-refractivity contribution in [3.8, 4) is 0 Å². The zero-order valence-corrected chi connectivity index (χ0v) is 16.4. The van der Waals surface area contributed by atoms with E-state index in [1.165, 1.54) is 6.42 Å². The summed E-state index contributed by atoms with van der Waals surface area (Å²) in [5, 5.41) is 6.06. The number of carbonyl (C=O) groups excluding carboxylic acids is 2. The number of nitrogens with one attached hydrogen (secondary N) is 2. The number of hydrogen-bond donors (Lipinski definition) is 2. The summed E-state index contributed by atoms with van der Waals surface area (Å²) in [5.74, 6) is -0.303. The quantitative estimate of drug-likeness (QED) is 0.808. The minimum absolute atomic E-state index is 0.116. The Hall–Kier alpha value is -2.62. The van der Waals surface area contributed by atoms with E-state index < -0.39 is 0 Å². The topological polar surface area (TPSA) is 58.2 Å². The first-order chi connectivity index (χ1) is 13.0. The van der Waals surface area contributed by atoms with Gasteiger partial charge in [-0.1, -0.05) is 37.5 Å². The lowest BCUT2D eigenvalue weighted by Gasteiger charge is -2.23. The maximum absolute atomic E-state index is 12.8. The highest BCUT2D eigenvalue weighted by molar-refractivity contribution is 6.09. The second-order valence-corrected chi connectivity index (χ2v) is 7.56. The predicted octanol–water partition coefficient (Wildman–Crippen LogP) is 4.93. The van der Waals surface area contributed by atoms with Gasteiger partial charge in [0.25, 0.3) is 11.8 Å². The molecule has 2 N–H and O–H groups in total. The molecule has 27 heavy (non-hydrogen) atoms. The van der Waals surface area contributed by atoms with Crippen molar-refractivity contribution in [3.63, 3.8) is 0 Å². The van der Waals surface area contributed by atoms with Gasteiger partial charge in [0, 0.05) is 11.6 Å². The van der Waals surface area contributed by atoms with Crippen LogP contribution in [0.5, 0.6) is 0 Å². The van der Waals surface area contributed by atoms with Crippen LogP contribution in [0.1, 0.15) is 69.5 Å². The second kappa shape index (κ2) is 8.38. The van der Waals surface area contributed by atoms with Crippen molar-refractivity contribution < 1.29 is 9.59 Å². The van der Waals surface area contributed by atoms with Gasteiger partial charge in [0.1, 0.15) is 0 Å². The number of anilines is 1. The highest BCUT2D eigenvalue weighted by atomic mass is 16.2. The molecule has 2 aromatic rings. The van der Waals surface area contributed by atoms with Crippen LogP contribution in [0.25, 0.3) is 0 Å². The monoisotopic (exact) mass is 364 g/mol. The van der Waals surface area contributed by atoms with Crippen molar-refractivity contribution in [3.05, 3.63) is 64.2 Å². The summed E-state index contributed by atoms with van der Waals surface area (Å²) >= 11 is 0. The van der Waals surface area contributed by atoms with E-state index in [1.807, 2.05) is 45.0 Å². The SMILES string of the molecule is Cc1cc(C)c(C(=O)Nc2ccccc2C(=O)NC2CCCCC2)cc1C. The van der Waals surface area contributed by atoms with E-state index in [0.717, 1.165) is 42.4 Å². The molecule has 0 aliphatic heterocycles. The lowest BCUT2D eigenvalue weighted by Crippen LogP contribution is -2.36. The van der Waals surface area contributed by atoms with Crippen LogP contribution in [-0.2, 0) is 0 Å². The minimum Gasteiger partial charge on any atom is -0.349 e. The minimum atomic E-state index is -0.187. The van der Waals surface area contributed by atoms with Crippen LogP contribution in [0.4, 0.5) is 5.69 Å². The first-order valence-electron chi connectivity index (χ1n) is 9.75. The van der Waals surface area contributed by atoms with E-state index in [1.54, 1.807) is 12.1 Å². The molecule has 2 aromatic carbocycles. The number of benzene rings is 2. The van der Waals surface area contributed by atoms with Gasteiger partial charge in [0.15, 0.2) is 0 Å². The highest BCUT2D eigenvalue weighted by Crippen LogP contribution is 2.22. The maximum atomic E-state index is 12.8. The maximum Gasteiger partial charge on any atom is 0.255 e. The molecule has 0 aromatic heterocycles. The Bertz CT molecular complexity index is 851. The van der Waals surface area contributed by atoms with Crippen molar-refractivity contribution in [2.75, 3.05) is 5.32 Å². The van der Waals surface area contributed by atoms with Crippen LogP contribution < -0.4 is 10.6 Å². The first-order valence-corrected chi connectivity index (χ1v) is 9.75. The third-order valence-electron chi connectivity index (χ3n) is 5.45. The summed E-state index contributed by atoms with van der Waals surface area (Å²) in [5.41, 5.74) is 4.87. The standard InChI is InChI=1S/C23H28N2O2/c1-15-13-17(3)20(14-16(15)2)23(27)25-21-12-8-7-11-19(21)22(26)24-18-9-5-4-6-10-18/h7-8,11-14,18H,4-6,9-10H2,1-3H3,(H,24,26)(H,25,27). The molecule has 0 atom stereocenters. The zero-order chi connectivity index (χ0) is 19.4. The number of amides is 2. The second-order valence-electron chi connectivity index (χ2n) is 7.56. The van der Waals surface area contributed by atoms with Gasteiger partial charge in [0.2, 0.25) is 0 Å². The Morgan fingerprint density at radius 3 is 2.22 bits per heavy atom. The smallest absolute Gasteiger partial charge is 0.255 e. The van der Waals surface area contributed by atoms with E-state index in [9.17, 15) is 9.59 Å². The lowest BCUT2D eigenvalue weighted by atomic mass is 9.95. The Kier molecular flexibility index (Phi) is 5.94. The van der Waals surface area contributed by atoms with E-state index in [2.05, 4.69) is 10.6 Å². The number of hydrogen-bond acceptors (Lipinski definition) is 2. The van der Waals surface area contributed by atoms with Crippen LogP contribution in [0.15, 0.2) is 36.4 Å². The molecule has 0 heterocycles.